The first kappa shape index (κ1) is 12.2. The maximum Gasteiger partial charge on any atom is 0.244 e. The summed E-state index contributed by atoms with van der Waals surface area (Å²) >= 11 is 0. The summed E-state index contributed by atoms with van der Waals surface area (Å²) in [4.78, 5) is 15.1. The molecule has 0 radical (unpaired) electrons. The predicted octanol–water partition coefficient (Wildman–Crippen LogP) is 2.66. The standard InChI is InChI=1S/C16H26N2O/c1-2-13-17-16(7-3-4-8-16)14(19)18(13)11-15(9-10-15)12-5-6-12/h12-13,17H,2-11H2,1H3. The van der Waals surface area contributed by atoms with Gasteiger partial charge in [-0.05, 0) is 56.3 Å². The Morgan fingerprint density at radius 1 is 1.21 bits per heavy atom. The Kier molecular flexibility index (Phi) is 2.55. The quantitative estimate of drug-likeness (QED) is 0.845. The van der Waals surface area contributed by atoms with E-state index < -0.39 is 0 Å². The molecule has 1 aliphatic heterocycles. The van der Waals surface area contributed by atoms with Gasteiger partial charge in [0.25, 0.3) is 0 Å². The summed E-state index contributed by atoms with van der Waals surface area (Å²) in [7, 11) is 0. The van der Waals surface area contributed by atoms with Crippen LogP contribution in [0.15, 0.2) is 0 Å². The third-order valence-corrected chi connectivity index (χ3v) is 6.15. The average Bonchev–Trinajstić information content (AvgIpc) is 3.32. The van der Waals surface area contributed by atoms with Crippen LogP contribution in [0.5, 0.6) is 0 Å². The molecule has 1 saturated heterocycles. The maximum atomic E-state index is 12.9. The monoisotopic (exact) mass is 262 g/mol. The van der Waals surface area contributed by atoms with Gasteiger partial charge in [-0.2, -0.15) is 0 Å². The minimum atomic E-state index is -0.166. The van der Waals surface area contributed by atoms with Crippen LogP contribution < -0.4 is 5.32 Å². The molecule has 1 amide bonds. The van der Waals surface area contributed by atoms with Crippen LogP contribution in [0.3, 0.4) is 0 Å². The number of carbonyl (C=O) groups excluding carboxylic acids is 1. The van der Waals surface area contributed by atoms with Crippen LogP contribution in [-0.2, 0) is 4.79 Å². The van der Waals surface area contributed by atoms with E-state index in [2.05, 4.69) is 17.1 Å². The number of rotatable bonds is 4. The molecule has 4 rings (SSSR count). The number of hydrogen-bond donors (Lipinski definition) is 1. The van der Waals surface area contributed by atoms with Gasteiger partial charge in [0.2, 0.25) is 5.91 Å². The van der Waals surface area contributed by atoms with Crippen LogP contribution in [0, 0.1) is 11.3 Å². The molecule has 0 bridgehead atoms. The van der Waals surface area contributed by atoms with Gasteiger partial charge < -0.3 is 4.90 Å². The molecule has 3 nitrogen and oxygen atoms in total. The fourth-order valence-corrected chi connectivity index (χ4v) is 4.61. The molecule has 1 spiro atoms. The third kappa shape index (κ3) is 1.77. The van der Waals surface area contributed by atoms with Gasteiger partial charge in [-0.1, -0.05) is 19.8 Å². The van der Waals surface area contributed by atoms with Gasteiger partial charge in [-0.3, -0.25) is 10.1 Å². The van der Waals surface area contributed by atoms with Gasteiger partial charge in [0.15, 0.2) is 0 Å². The van der Waals surface area contributed by atoms with E-state index >= 15 is 0 Å². The van der Waals surface area contributed by atoms with Crippen molar-refractivity contribution >= 4 is 5.91 Å². The molecule has 0 aromatic heterocycles. The molecule has 3 aliphatic carbocycles. The second-order valence-corrected chi connectivity index (χ2v) is 7.43. The van der Waals surface area contributed by atoms with Gasteiger partial charge in [0.05, 0.1) is 11.7 Å². The zero-order valence-corrected chi connectivity index (χ0v) is 12.1. The zero-order chi connectivity index (χ0) is 13.1. The number of carbonyl (C=O) groups is 1. The van der Waals surface area contributed by atoms with Crippen LogP contribution in [0.25, 0.3) is 0 Å². The third-order valence-electron chi connectivity index (χ3n) is 6.15. The second-order valence-electron chi connectivity index (χ2n) is 7.43. The lowest BCUT2D eigenvalue weighted by Gasteiger charge is -2.28. The Morgan fingerprint density at radius 3 is 2.42 bits per heavy atom. The molecule has 106 valence electrons. The Balaban J connectivity index is 1.54. The summed E-state index contributed by atoms with van der Waals surface area (Å²) in [5, 5.41) is 3.70. The molecule has 3 saturated carbocycles. The lowest BCUT2D eigenvalue weighted by atomic mass is 9.96. The first-order chi connectivity index (χ1) is 9.19. The summed E-state index contributed by atoms with van der Waals surface area (Å²) in [6.45, 7) is 3.26. The van der Waals surface area contributed by atoms with Gasteiger partial charge in [-0.25, -0.2) is 0 Å². The highest BCUT2D eigenvalue weighted by Gasteiger charge is 2.59. The van der Waals surface area contributed by atoms with Crippen molar-refractivity contribution in [2.24, 2.45) is 11.3 Å². The van der Waals surface area contributed by atoms with Gasteiger partial charge >= 0.3 is 0 Å². The number of hydrogen-bond acceptors (Lipinski definition) is 2. The van der Waals surface area contributed by atoms with Crippen molar-refractivity contribution in [3.8, 4) is 0 Å². The molecule has 4 aliphatic rings. The van der Waals surface area contributed by atoms with E-state index in [0.717, 1.165) is 31.7 Å². The van der Waals surface area contributed by atoms with Crippen molar-refractivity contribution in [3.63, 3.8) is 0 Å². The number of nitrogens with one attached hydrogen (secondary N) is 1. The molecule has 4 fully saturated rings. The Bertz CT molecular complexity index is 392. The summed E-state index contributed by atoms with van der Waals surface area (Å²) in [6.07, 6.45) is 11.5. The molecule has 1 unspecified atom stereocenters. The average molecular weight is 262 g/mol. The smallest absolute Gasteiger partial charge is 0.244 e. The van der Waals surface area contributed by atoms with Gasteiger partial charge in [0, 0.05) is 6.54 Å². The second kappa shape index (κ2) is 3.97. The molecule has 0 aromatic rings. The van der Waals surface area contributed by atoms with E-state index in [9.17, 15) is 4.79 Å². The van der Waals surface area contributed by atoms with Crippen molar-refractivity contribution < 1.29 is 4.79 Å². The van der Waals surface area contributed by atoms with E-state index in [0.29, 0.717) is 17.5 Å². The normalized spacial score (nSPS) is 35.3. The molecule has 1 atom stereocenters. The van der Waals surface area contributed by atoms with Gasteiger partial charge in [-0.15, -0.1) is 0 Å². The molecule has 3 heteroatoms. The Hall–Kier alpha value is -0.570. The Labute approximate surface area is 116 Å². The lowest BCUT2D eigenvalue weighted by molar-refractivity contribution is -0.134. The Morgan fingerprint density at radius 2 is 1.89 bits per heavy atom. The molecule has 1 heterocycles. The summed E-state index contributed by atoms with van der Waals surface area (Å²) in [5.74, 6) is 1.38. The summed E-state index contributed by atoms with van der Waals surface area (Å²) in [6, 6.07) is 0. The van der Waals surface area contributed by atoms with Crippen molar-refractivity contribution in [2.45, 2.75) is 76.4 Å². The highest BCUT2D eigenvalue weighted by atomic mass is 16.2. The van der Waals surface area contributed by atoms with E-state index in [1.54, 1.807) is 0 Å². The fourth-order valence-electron chi connectivity index (χ4n) is 4.61. The molecular formula is C16H26N2O. The maximum absolute atomic E-state index is 12.9. The van der Waals surface area contributed by atoms with Crippen LogP contribution in [0.1, 0.15) is 64.7 Å². The summed E-state index contributed by atoms with van der Waals surface area (Å²) < 4.78 is 0. The zero-order valence-electron chi connectivity index (χ0n) is 12.1. The first-order valence-electron chi connectivity index (χ1n) is 8.28. The van der Waals surface area contributed by atoms with Crippen molar-refractivity contribution in [1.82, 2.24) is 10.2 Å². The van der Waals surface area contributed by atoms with Crippen molar-refractivity contribution in [3.05, 3.63) is 0 Å². The number of amides is 1. The van der Waals surface area contributed by atoms with Crippen LogP contribution in [0.2, 0.25) is 0 Å². The molecule has 1 N–H and O–H groups in total. The predicted molar refractivity (Wildman–Crippen MR) is 74.5 cm³/mol. The molecule has 0 aromatic carbocycles. The van der Waals surface area contributed by atoms with Gasteiger partial charge in [0.1, 0.15) is 0 Å². The molecular weight excluding hydrogens is 236 g/mol. The lowest BCUT2D eigenvalue weighted by Crippen LogP contribution is -2.44. The fraction of sp³-hybridized carbons (Fsp3) is 0.938. The highest BCUT2D eigenvalue weighted by Crippen LogP contribution is 2.62. The van der Waals surface area contributed by atoms with Crippen molar-refractivity contribution in [2.75, 3.05) is 6.54 Å². The van der Waals surface area contributed by atoms with Crippen molar-refractivity contribution in [1.29, 1.82) is 0 Å². The topological polar surface area (TPSA) is 32.3 Å². The minimum Gasteiger partial charge on any atom is -0.325 e. The van der Waals surface area contributed by atoms with Crippen LogP contribution in [0.4, 0.5) is 0 Å². The van der Waals surface area contributed by atoms with E-state index in [1.807, 2.05) is 0 Å². The van der Waals surface area contributed by atoms with Crippen LogP contribution in [-0.4, -0.2) is 29.1 Å². The first-order valence-corrected chi connectivity index (χ1v) is 8.28. The van der Waals surface area contributed by atoms with E-state index in [1.165, 1.54) is 38.5 Å². The molecule has 19 heavy (non-hydrogen) atoms. The minimum absolute atomic E-state index is 0.166. The largest absolute Gasteiger partial charge is 0.325 e. The highest BCUT2D eigenvalue weighted by molar-refractivity contribution is 5.89. The van der Waals surface area contributed by atoms with E-state index in [-0.39, 0.29) is 5.54 Å². The summed E-state index contributed by atoms with van der Waals surface area (Å²) in [5.41, 5.74) is 0.370. The SMILES string of the molecule is CCC1NC2(CCCC2)C(=O)N1CC1(C2CC2)CC1. The number of nitrogens with zero attached hydrogens (tertiary/aromatic N) is 1. The van der Waals surface area contributed by atoms with E-state index in [4.69, 9.17) is 0 Å². The van der Waals surface area contributed by atoms with Crippen LogP contribution >= 0.6 is 0 Å².